The van der Waals surface area contributed by atoms with Crippen LogP contribution in [0.4, 0.5) is 5.69 Å². The topological polar surface area (TPSA) is 97.8 Å². The number of ether oxygens (including phenoxy) is 2. The maximum Gasteiger partial charge on any atom is 0.262 e. The van der Waals surface area contributed by atoms with Gasteiger partial charge in [-0.15, -0.1) is 0 Å². The number of nitrogens with one attached hydrogen (secondary N) is 1. The van der Waals surface area contributed by atoms with Gasteiger partial charge in [-0.2, -0.15) is 0 Å². The Labute approximate surface area is 172 Å². The Kier molecular flexibility index (Phi) is 5.13. The van der Waals surface area contributed by atoms with Gasteiger partial charge in [0.25, 0.3) is 17.7 Å². The number of nitrogens with zero attached hydrogens (tertiary/aromatic N) is 2. The van der Waals surface area contributed by atoms with Crippen molar-refractivity contribution in [1.82, 2.24) is 9.88 Å². The fraction of sp³-hybridized carbons (Fsp3) is 0.0909. The first kappa shape index (κ1) is 19.1. The van der Waals surface area contributed by atoms with Gasteiger partial charge in [-0.1, -0.05) is 6.07 Å². The lowest BCUT2D eigenvalue weighted by atomic mass is 10.1. The van der Waals surface area contributed by atoms with Crippen LogP contribution in [0, 0.1) is 0 Å². The number of rotatable bonds is 6. The van der Waals surface area contributed by atoms with Crippen LogP contribution in [0.2, 0.25) is 0 Å². The molecular weight excluding hydrogens is 386 g/mol. The molecule has 0 atom stereocenters. The molecule has 0 saturated heterocycles. The number of hydrogen-bond acceptors (Lipinski definition) is 6. The number of carbonyl (C=O) groups excluding carboxylic acids is 3. The zero-order valence-corrected chi connectivity index (χ0v) is 16.0. The van der Waals surface area contributed by atoms with Crippen molar-refractivity contribution in [1.29, 1.82) is 0 Å². The molecule has 2 heterocycles. The molecule has 3 aromatic rings. The van der Waals surface area contributed by atoms with E-state index in [0.717, 1.165) is 4.90 Å². The normalized spacial score (nSPS) is 12.5. The van der Waals surface area contributed by atoms with Gasteiger partial charge in [0.05, 0.1) is 11.1 Å². The van der Waals surface area contributed by atoms with E-state index in [1.807, 2.05) is 6.07 Å². The van der Waals surface area contributed by atoms with Crippen molar-refractivity contribution in [3.63, 3.8) is 0 Å². The SMILES string of the molecule is CN1C(=O)c2ccc(NC(=O)COc3ccc(Oc4ccccn4)cc3)cc2C1=O. The van der Waals surface area contributed by atoms with Crippen molar-refractivity contribution in [3.8, 4) is 17.4 Å². The third kappa shape index (κ3) is 3.97. The highest BCUT2D eigenvalue weighted by Crippen LogP contribution is 2.25. The number of aromatic nitrogens is 1. The molecule has 3 amide bonds. The van der Waals surface area contributed by atoms with Gasteiger partial charge < -0.3 is 14.8 Å². The van der Waals surface area contributed by atoms with E-state index in [2.05, 4.69) is 10.3 Å². The van der Waals surface area contributed by atoms with Gasteiger partial charge in [0.15, 0.2) is 6.61 Å². The maximum atomic E-state index is 12.2. The van der Waals surface area contributed by atoms with E-state index in [-0.39, 0.29) is 18.1 Å². The summed E-state index contributed by atoms with van der Waals surface area (Å²) in [4.78, 5) is 41.3. The Bertz CT molecular complexity index is 1110. The highest BCUT2D eigenvalue weighted by molar-refractivity contribution is 6.21. The average molecular weight is 403 g/mol. The Morgan fingerprint density at radius 3 is 2.43 bits per heavy atom. The van der Waals surface area contributed by atoms with Crippen LogP contribution in [0.5, 0.6) is 17.4 Å². The first-order valence-corrected chi connectivity index (χ1v) is 9.09. The number of fused-ring (bicyclic) bond motifs is 1. The van der Waals surface area contributed by atoms with Gasteiger partial charge in [-0.3, -0.25) is 19.3 Å². The molecule has 1 aliphatic heterocycles. The number of pyridine rings is 1. The summed E-state index contributed by atoms with van der Waals surface area (Å²) in [5.41, 5.74) is 1.01. The quantitative estimate of drug-likeness (QED) is 0.635. The van der Waals surface area contributed by atoms with Crippen molar-refractivity contribution >= 4 is 23.4 Å². The van der Waals surface area contributed by atoms with Gasteiger partial charge >= 0.3 is 0 Å². The zero-order chi connectivity index (χ0) is 21.1. The van der Waals surface area contributed by atoms with E-state index < -0.39 is 11.8 Å². The van der Waals surface area contributed by atoms with E-state index >= 15 is 0 Å². The Morgan fingerprint density at radius 2 is 1.70 bits per heavy atom. The molecule has 8 heteroatoms. The summed E-state index contributed by atoms with van der Waals surface area (Å²) in [5.74, 6) is 0.421. The van der Waals surface area contributed by atoms with Crippen molar-refractivity contribution < 1.29 is 23.9 Å². The largest absolute Gasteiger partial charge is 0.484 e. The minimum atomic E-state index is -0.395. The molecule has 0 bridgehead atoms. The summed E-state index contributed by atoms with van der Waals surface area (Å²) >= 11 is 0. The Balaban J connectivity index is 1.32. The molecule has 8 nitrogen and oxygen atoms in total. The van der Waals surface area contributed by atoms with E-state index in [0.29, 0.717) is 28.6 Å². The Morgan fingerprint density at radius 1 is 0.967 bits per heavy atom. The van der Waals surface area contributed by atoms with Crippen LogP contribution in [-0.4, -0.2) is 41.3 Å². The number of hydrogen-bond donors (Lipinski definition) is 1. The van der Waals surface area contributed by atoms with Crippen molar-refractivity contribution in [3.05, 3.63) is 78.0 Å². The summed E-state index contributed by atoms with van der Waals surface area (Å²) in [6.45, 7) is -0.218. The first-order chi connectivity index (χ1) is 14.5. The predicted molar refractivity (Wildman–Crippen MR) is 108 cm³/mol. The lowest BCUT2D eigenvalue weighted by Crippen LogP contribution is -2.24. The summed E-state index contributed by atoms with van der Waals surface area (Å²) in [6, 6.07) is 16.7. The number of benzene rings is 2. The van der Waals surface area contributed by atoms with E-state index in [9.17, 15) is 14.4 Å². The minimum absolute atomic E-state index is 0.218. The van der Waals surface area contributed by atoms with E-state index in [4.69, 9.17) is 9.47 Å². The molecule has 0 aliphatic carbocycles. The molecule has 1 N–H and O–H groups in total. The van der Waals surface area contributed by atoms with Gasteiger partial charge in [0.2, 0.25) is 5.88 Å². The van der Waals surface area contributed by atoms with Gasteiger partial charge in [-0.05, 0) is 48.5 Å². The molecule has 0 saturated carbocycles. The lowest BCUT2D eigenvalue weighted by molar-refractivity contribution is -0.118. The average Bonchev–Trinajstić information content (AvgIpc) is 2.98. The number of imide groups is 1. The highest BCUT2D eigenvalue weighted by Gasteiger charge is 2.32. The van der Waals surface area contributed by atoms with E-state index in [1.54, 1.807) is 48.7 Å². The fourth-order valence-electron chi connectivity index (χ4n) is 2.92. The van der Waals surface area contributed by atoms with Crippen LogP contribution in [0.15, 0.2) is 66.9 Å². The van der Waals surface area contributed by atoms with Crippen LogP contribution < -0.4 is 14.8 Å². The molecule has 0 radical (unpaired) electrons. The molecule has 150 valence electrons. The molecule has 1 aromatic heterocycles. The molecule has 0 fully saturated rings. The standard InChI is InChI=1S/C22H17N3O5/c1-25-21(27)17-10-5-14(12-18(17)22(25)28)24-19(26)13-29-15-6-8-16(9-7-15)30-20-4-2-3-11-23-20/h2-12H,13H2,1H3,(H,24,26). The monoisotopic (exact) mass is 403 g/mol. The molecule has 0 spiro atoms. The van der Waals surface area contributed by atoms with Crippen molar-refractivity contribution in [2.45, 2.75) is 0 Å². The van der Waals surface area contributed by atoms with Gasteiger partial charge in [-0.25, -0.2) is 4.98 Å². The molecule has 0 unspecified atom stereocenters. The molecule has 4 rings (SSSR count). The van der Waals surface area contributed by atoms with Crippen LogP contribution >= 0.6 is 0 Å². The molecule has 2 aromatic carbocycles. The minimum Gasteiger partial charge on any atom is -0.484 e. The third-order valence-corrected chi connectivity index (χ3v) is 4.43. The van der Waals surface area contributed by atoms with Gasteiger partial charge in [0.1, 0.15) is 11.5 Å². The van der Waals surface area contributed by atoms with Crippen molar-refractivity contribution in [2.24, 2.45) is 0 Å². The summed E-state index contributed by atoms with van der Waals surface area (Å²) in [6.07, 6.45) is 1.64. The number of carbonyl (C=O) groups is 3. The predicted octanol–water partition coefficient (Wildman–Crippen LogP) is 3.12. The lowest BCUT2D eigenvalue weighted by Gasteiger charge is -2.09. The number of amides is 3. The summed E-state index contributed by atoms with van der Waals surface area (Å²) in [5, 5.41) is 2.66. The Hall–Kier alpha value is -4.20. The third-order valence-electron chi connectivity index (χ3n) is 4.43. The highest BCUT2D eigenvalue weighted by atomic mass is 16.5. The number of anilines is 1. The van der Waals surface area contributed by atoms with Crippen LogP contribution in [0.25, 0.3) is 0 Å². The molecule has 30 heavy (non-hydrogen) atoms. The molecular formula is C22H17N3O5. The van der Waals surface area contributed by atoms with Gasteiger partial charge in [0, 0.05) is 25.0 Å². The first-order valence-electron chi connectivity index (χ1n) is 9.09. The second kappa shape index (κ2) is 8.04. The summed E-state index contributed by atoms with van der Waals surface area (Å²) < 4.78 is 11.1. The second-order valence-electron chi connectivity index (χ2n) is 6.51. The smallest absolute Gasteiger partial charge is 0.262 e. The van der Waals surface area contributed by atoms with Crippen LogP contribution in [0.1, 0.15) is 20.7 Å². The maximum absolute atomic E-state index is 12.2. The second-order valence-corrected chi connectivity index (χ2v) is 6.51. The van der Waals surface area contributed by atoms with Crippen LogP contribution in [0.3, 0.4) is 0 Å². The van der Waals surface area contributed by atoms with E-state index in [1.165, 1.54) is 19.2 Å². The fourth-order valence-corrected chi connectivity index (χ4v) is 2.92. The summed E-state index contributed by atoms with van der Waals surface area (Å²) in [7, 11) is 1.42. The van der Waals surface area contributed by atoms with Crippen molar-refractivity contribution in [2.75, 3.05) is 19.0 Å². The molecule has 1 aliphatic rings. The zero-order valence-electron chi connectivity index (χ0n) is 16.0. The van der Waals surface area contributed by atoms with Crippen LogP contribution in [-0.2, 0) is 4.79 Å².